The SMILES string of the molecule is Cc1c(C(N)=O)cc(-c2ccc(C#N)cc2)n1Cc1ccc(Cl)c(Cl)c1. The first-order valence-electron chi connectivity index (χ1n) is 7.85. The average molecular weight is 384 g/mol. The van der Waals surface area contributed by atoms with Crippen LogP contribution in [0.1, 0.15) is 27.2 Å². The normalized spacial score (nSPS) is 10.5. The topological polar surface area (TPSA) is 71.8 Å². The van der Waals surface area contributed by atoms with Crippen molar-refractivity contribution in [2.75, 3.05) is 0 Å². The third-order valence-electron chi connectivity index (χ3n) is 4.27. The summed E-state index contributed by atoms with van der Waals surface area (Å²) in [7, 11) is 0. The van der Waals surface area contributed by atoms with E-state index < -0.39 is 5.91 Å². The number of hydrogen-bond acceptors (Lipinski definition) is 2. The molecule has 3 aromatic rings. The largest absolute Gasteiger partial charge is 0.366 e. The summed E-state index contributed by atoms with van der Waals surface area (Å²) in [5.74, 6) is -0.481. The highest BCUT2D eigenvalue weighted by Gasteiger charge is 2.17. The predicted octanol–water partition coefficient (Wildman–Crippen LogP) is 4.79. The molecule has 0 unspecified atom stereocenters. The van der Waals surface area contributed by atoms with E-state index in [0.717, 1.165) is 22.5 Å². The van der Waals surface area contributed by atoms with Crippen LogP contribution in [0.2, 0.25) is 10.0 Å². The van der Waals surface area contributed by atoms with Gasteiger partial charge in [-0.25, -0.2) is 0 Å². The Labute approximate surface area is 161 Å². The standard InChI is InChI=1S/C20H15Cl2N3O/c1-12-16(20(24)26)9-19(15-5-2-13(10-23)3-6-15)25(12)11-14-4-7-17(21)18(22)8-14/h2-9H,11H2,1H3,(H2,24,26). The second-order valence-electron chi connectivity index (χ2n) is 5.92. The molecule has 0 aliphatic heterocycles. The van der Waals surface area contributed by atoms with Crippen LogP contribution >= 0.6 is 23.2 Å². The molecule has 1 heterocycles. The van der Waals surface area contributed by atoms with Crippen molar-refractivity contribution in [3.8, 4) is 17.3 Å². The average Bonchev–Trinajstić information content (AvgIpc) is 2.95. The summed E-state index contributed by atoms with van der Waals surface area (Å²) in [5, 5.41) is 9.94. The smallest absolute Gasteiger partial charge is 0.250 e. The zero-order valence-corrected chi connectivity index (χ0v) is 15.5. The maximum atomic E-state index is 11.8. The number of nitrogens with zero attached hydrogens (tertiary/aromatic N) is 2. The fraction of sp³-hybridized carbons (Fsp3) is 0.100. The molecule has 1 aromatic heterocycles. The van der Waals surface area contributed by atoms with Crippen LogP contribution in [0.25, 0.3) is 11.3 Å². The van der Waals surface area contributed by atoms with Crippen LogP contribution < -0.4 is 5.73 Å². The molecular formula is C20H15Cl2N3O. The summed E-state index contributed by atoms with van der Waals surface area (Å²) in [6.45, 7) is 2.36. The van der Waals surface area contributed by atoms with E-state index in [1.807, 2.05) is 29.7 Å². The van der Waals surface area contributed by atoms with Gasteiger partial charge in [0.1, 0.15) is 0 Å². The van der Waals surface area contributed by atoms with Gasteiger partial charge in [0, 0.05) is 17.9 Å². The lowest BCUT2D eigenvalue weighted by molar-refractivity contribution is 0.0999. The minimum absolute atomic E-state index is 0.462. The summed E-state index contributed by atoms with van der Waals surface area (Å²) >= 11 is 12.1. The van der Waals surface area contributed by atoms with Gasteiger partial charge in [-0.1, -0.05) is 41.4 Å². The second kappa shape index (κ2) is 7.25. The molecule has 130 valence electrons. The van der Waals surface area contributed by atoms with Crippen LogP contribution in [0.3, 0.4) is 0 Å². The minimum Gasteiger partial charge on any atom is -0.366 e. The number of nitrogens with two attached hydrogens (primary N) is 1. The van der Waals surface area contributed by atoms with E-state index in [-0.39, 0.29) is 0 Å². The van der Waals surface area contributed by atoms with Gasteiger partial charge in [-0.05, 0) is 48.4 Å². The highest BCUT2D eigenvalue weighted by atomic mass is 35.5. The number of halogens is 2. The van der Waals surface area contributed by atoms with Crippen molar-refractivity contribution in [3.63, 3.8) is 0 Å². The maximum absolute atomic E-state index is 11.8. The van der Waals surface area contributed by atoms with Gasteiger partial charge in [0.25, 0.3) is 5.91 Å². The fourth-order valence-corrected chi connectivity index (χ4v) is 3.19. The Morgan fingerprint density at radius 2 is 1.81 bits per heavy atom. The van der Waals surface area contributed by atoms with Gasteiger partial charge in [0.15, 0.2) is 0 Å². The number of carbonyl (C=O) groups is 1. The van der Waals surface area contributed by atoms with E-state index in [9.17, 15) is 4.79 Å². The summed E-state index contributed by atoms with van der Waals surface area (Å²) in [4.78, 5) is 11.8. The molecule has 0 atom stereocenters. The van der Waals surface area contributed by atoms with Crippen molar-refractivity contribution in [1.29, 1.82) is 5.26 Å². The van der Waals surface area contributed by atoms with E-state index >= 15 is 0 Å². The van der Waals surface area contributed by atoms with Crippen molar-refractivity contribution in [1.82, 2.24) is 4.57 Å². The van der Waals surface area contributed by atoms with Gasteiger partial charge in [-0.15, -0.1) is 0 Å². The molecule has 0 saturated heterocycles. The number of amides is 1. The Morgan fingerprint density at radius 3 is 2.38 bits per heavy atom. The first-order valence-corrected chi connectivity index (χ1v) is 8.60. The van der Waals surface area contributed by atoms with E-state index in [1.54, 1.807) is 30.3 Å². The third-order valence-corrected chi connectivity index (χ3v) is 5.01. The molecule has 0 fully saturated rings. The monoisotopic (exact) mass is 383 g/mol. The molecule has 0 radical (unpaired) electrons. The predicted molar refractivity (Wildman–Crippen MR) is 103 cm³/mol. The van der Waals surface area contributed by atoms with Crippen LogP contribution in [0, 0.1) is 18.3 Å². The van der Waals surface area contributed by atoms with Crippen LogP contribution in [0.5, 0.6) is 0 Å². The van der Waals surface area contributed by atoms with Crippen molar-refractivity contribution in [3.05, 3.63) is 81.0 Å². The molecule has 26 heavy (non-hydrogen) atoms. The van der Waals surface area contributed by atoms with Gasteiger partial charge >= 0.3 is 0 Å². The molecule has 1 amide bonds. The van der Waals surface area contributed by atoms with E-state index in [2.05, 4.69) is 6.07 Å². The van der Waals surface area contributed by atoms with Gasteiger partial charge < -0.3 is 10.3 Å². The number of hydrogen-bond donors (Lipinski definition) is 1. The summed E-state index contributed by atoms with van der Waals surface area (Å²) in [6.07, 6.45) is 0. The summed E-state index contributed by atoms with van der Waals surface area (Å²) in [6, 6.07) is 16.5. The number of primary amides is 1. The zero-order chi connectivity index (χ0) is 18.8. The molecule has 0 aliphatic rings. The number of carbonyl (C=O) groups excluding carboxylic acids is 1. The van der Waals surface area contributed by atoms with Crippen molar-refractivity contribution in [2.45, 2.75) is 13.5 Å². The highest BCUT2D eigenvalue weighted by Crippen LogP contribution is 2.29. The molecule has 0 saturated carbocycles. The summed E-state index contributed by atoms with van der Waals surface area (Å²) in [5.41, 5.74) is 10.0. The molecule has 0 aliphatic carbocycles. The Morgan fingerprint density at radius 1 is 1.12 bits per heavy atom. The van der Waals surface area contributed by atoms with Crippen molar-refractivity contribution in [2.24, 2.45) is 5.73 Å². The van der Waals surface area contributed by atoms with E-state index in [1.165, 1.54) is 0 Å². The molecule has 0 bridgehead atoms. The Kier molecular flexibility index (Phi) is 5.03. The van der Waals surface area contributed by atoms with Crippen molar-refractivity contribution >= 4 is 29.1 Å². The van der Waals surface area contributed by atoms with Gasteiger partial charge in [-0.2, -0.15) is 5.26 Å². The molecule has 3 rings (SSSR count). The zero-order valence-electron chi connectivity index (χ0n) is 14.0. The molecule has 2 N–H and O–H groups in total. The Hall–Kier alpha value is -2.74. The Bertz CT molecular complexity index is 1030. The van der Waals surface area contributed by atoms with Crippen LogP contribution in [0.15, 0.2) is 48.5 Å². The highest BCUT2D eigenvalue weighted by molar-refractivity contribution is 6.42. The van der Waals surface area contributed by atoms with Crippen LogP contribution in [0.4, 0.5) is 0 Å². The third kappa shape index (κ3) is 3.45. The lowest BCUT2D eigenvalue weighted by atomic mass is 10.1. The van der Waals surface area contributed by atoms with Gasteiger partial charge in [0.2, 0.25) is 0 Å². The first kappa shape index (κ1) is 18.1. The Balaban J connectivity index is 2.11. The first-order chi connectivity index (χ1) is 12.4. The second-order valence-corrected chi connectivity index (χ2v) is 6.73. The number of benzene rings is 2. The van der Waals surface area contributed by atoms with E-state index in [4.69, 9.17) is 34.2 Å². The van der Waals surface area contributed by atoms with Crippen molar-refractivity contribution < 1.29 is 4.79 Å². The molecule has 0 spiro atoms. The maximum Gasteiger partial charge on any atom is 0.250 e. The number of aromatic nitrogens is 1. The van der Waals surface area contributed by atoms with E-state index in [0.29, 0.717) is 27.7 Å². The lowest BCUT2D eigenvalue weighted by Gasteiger charge is -2.13. The number of rotatable bonds is 4. The fourth-order valence-electron chi connectivity index (χ4n) is 2.87. The molecular weight excluding hydrogens is 369 g/mol. The summed E-state index contributed by atoms with van der Waals surface area (Å²) < 4.78 is 2.00. The minimum atomic E-state index is -0.481. The lowest BCUT2D eigenvalue weighted by Crippen LogP contribution is -2.12. The molecule has 2 aromatic carbocycles. The molecule has 6 heteroatoms. The number of nitriles is 1. The molecule has 4 nitrogen and oxygen atoms in total. The van der Waals surface area contributed by atoms with Gasteiger partial charge in [0.05, 0.1) is 27.2 Å². The van der Waals surface area contributed by atoms with Crippen LogP contribution in [-0.2, 0) is 6.54 Å². The van der Waals surface area contributed by atoms with Gasteiger partial charge in [-0.3, -0.25) is 4.79 Å². The quantitative estimate of drug-likeness (QED) is 0.703. The van der Waals surface area contributed by atoms with Crippen LogP contribution in [-0.4, -0.2) is 10.5 Å².